The van der Waals surface area contributed by atoms with Gasteiger partial charge in [0, 0.05) is 17.8 Å². The van der Waals surface area contributed by atoms with E-state index < -0.39 is 5.97 Å². The average Bonchev–Trinajstić information content (AvgIpc) is 2.60. The molecule has 0 bridgehead atoms. The lowest BCUT2D eigenvalue weighted by Crippen LogP contribution is -2.05. The van der Waals surface area contributed by atoms with Gasteiger partial charge in [0.25, 0.3) is 0 Å². The minimum absolute atomic E-state index is 0.0902. The SMILES string of the molecule is CCOc1ccc2ccccc2c1CNc1ccc(C(=O)O)c(Cl)c1. The van der Waals surface area contributed by atoms with Crippen LogP contribution in [0.25, 0.3) is 10.8 Å². The molecule has 0 radical (unpaired) electrons. The van der Waals surface area contributed by atoms with Crippen LogP contribution >= 0.6 is 11.6 Å². The Morgan fingerprint density at radius 3 is 2.68 bits per heavy atom. The largest absolute Gasteiger partial charge is 0.494 e. The quantitative estimate of drug-likeness (QED) is 0.637. The smallest absolute Gasteiger partial charge is 0.337 e. The summed E-state index contributed by atoms with van der Waals surface area (Å²) >= 11 is 6.04. The van der Waals surface area contributed by atoms with E-state index in [1.165, 1.54) is 6.07 Å². The van der Waals surface area contributed by atoms with Gasteiger partial charge in [-0.25, -0.2) is 4.79 Å². The van der Waals surface area contributed by atoms with E-state index in [9.17, 15) is 4.79 Å². The van der Waals surface area contributed by atoms with Gasteiger partial charge >= 0.3 is 5.97 Å². The maximum absolute atomic E-state index is 11.1. The van der Waals surface area contributed by atoms with E-state index in [1.54, 1.807) is 12.1 Å². The Hall–Kier alpha value is -2.72. The molecule has 0 unspecified atom stereocenters. The molecule has 0 saturated carbocycles. The first-order valence-electron chi connectivity index (χ1n) is 8.00. The van der Waals surface area contributed by atoms with E-state index in [0.29, 0.717) is 13.2 Å². The van der Waals surface area contributed by atoms with Gasteiger partial charge in [-0.3, -0.25) is 0 Å². The second-order valence-corrected chi connectivity index (χ2v) is 5.96. The first kappa shape index (κ1) is 17.1. The molecule has 0 heterocycles. The third kappa shape index (κ3) is 3.69. The summed E-state index contributed by atoms with van der Waals surface area (Å²) in [4.78, 5) is 11.1. The Morgan fingerprint density at radius 1 is 1.16 bits per heavy atom. The number of halogens is 1. The maximum Gasteiger partial charge on any atom is 0.337 e. The van der Waals surface area contributed by atoms with Crippen molar-refractivity contribution in [1.82, 2.24) is 0 Å². The van der Waals surface area contributed by atoms with Gasteiger partial charge in [0.2, 0.25) is 0 Å². The molecule has 0 aromatic heterocycles. The molecule has 0 atom stereocenters. The Labute approximate surface area is 151 Å². The molecule has 2 N–H and O–H groups in total. The topological polar surface area (TPSA) is 58.6 Å². The molecule has 0 spiro atoms. The van der Waals surface area contributed by atoms with Crippen LogP contribution in [0.15, 0.2) is 54.6 Å². The van der Waals surface area contributed by atoms with Crippen LogP contribution in [0.2, 0.25) is 5.02 Å². The number of hydrogen-bond acceptors (Lipinski definition) is 3. The summed E-state index contributed by atoms with van der Waals surface area (Å²) in [5.74, 6) is -0.203. The van der Waals surface area contributed by atoms with Gasteiger partial charge in [-0.15, -0.1) is 0 Å². The van der Waals surface area contributed by atoms with Gasteiger partial charge in [-0.05, 0) is 42.0 Å². The van der Waals surface area contributed by atoms with Gasteiger partial charge in [-0.2, -0.15) is 0 Å². The van der Waals surface area contributed by atoms with E-state index in [2.05, 4.69) is 17.4 Å². The highest BCUT2D eigenvalue weighted by atomic mass is 35.5. The monoisotopic (exact) mass is 355 g/mol. The van der Waals surface area contributed by atoms with Crippen molar-refractivity contribution in [1.29, 1.82) is 0 Å². The summed E-state index contributed by atoms with van der Waals surface area (Å²) < 4.78 is 5.76. The Morgan fingerprint density at radius 2 is 1.96 bits per heavy atom. The summed E-state index contributed by atoms with van der Waals surface area (Å²) in [7, 11) is 0. The van der Waals surface area contributed by atoms with Crippen molar-refractivity contribution in [3.8, 4) is 5.75 Å². The number of ether oxygens (including phenoxy) is 1. The molecule has 0 saturated heterocycles. The van der Waals surface area contributed by atoms with E-state index in [-0.39, 0.29) is 10.6 Å². The average molecular weight is 356 g/mol. The van der Waals surface area contributed by atoms with Crippen molar-refractivity contribution in [3.63, 3.8) is 0 Å². The molecule has 0 amide bonds. The van der Waals surface area contributed by atoms with E-state index >= 15 is 0 Å². The number of rotatable bonds is 6. The van der Waals surface area contributed by atoms with Gasteiger partial charge in [0.15, 0.2) is 0 Å². The van der Waals surface area contributed by atoms with Gasteiger partial charge in [0.1, 0.15) is 5.75 Å². The highest BCUT2D eigenvalue weighted by Gasteiger charge is 2.11. The summed E-state index contributed by atoms with van der Waals surface area (Å²) in [5, 5.41) is 14.8. The molecule has 3 aromatic rings. The Kier molecular flexibility index (Phi) is 5.10. The van der Waals surface area contributed by atoms with Crippen LogP contribution in [0.5, 0.6) is 5.75 Å². The van der Waals surface area contributed by atoms with Crippen molar-refractivity contribution in [2.45, 2.75) is 13.5 Å². The number of nitrogens with one attached hydrogen (secondary N) is 1. The molecule has 3 aromatic carbocycles. The summed E-state index contributed by atoms with van der Waals surface area (Å²) in [6.07, 6.45) is 0. The van der Waals surface area contributed by atoms with Gasteiger partial charge < -0.3 is 15.2 Å². The molecule has 0 aliphatic rings. The first-order chi connectivity index (χ1) is 12.1. The fourth-order valence-corrected chi connectivity index (χ4v) is 3.04. The minimum atomic E-state index is -1.04. The van der Waals surface area contributed by atoms with Crippen molar-refractivity contribution in [2.75, 3.05) is 11.9 Å². The number of anilines is 1. The normalized spacial score (nSPS) is 10.6. The predicted octanol–water partition coefficient (Wildman–Crippen LogP) is 5.20. The zero-order valence-electron chi connectivity index (χ0n) is 13.8. The molecule has 128 valence electrons. The van der Waals surface area contributed by atoms with E-state index in [1.807, 2.05) is 31.2 Å². The van der Waals surface area contributed by atoms with Crippen LogP contribution in [-0.4, -0.2) is 17.7 Å². The van der Waals surface area contributed by atoms with Crippen LogP contribution in [0.3, 0.4) is 0 Å². The molecule has 5 heteroatoms. The predicted molar refractivity (Wildman–Crippen MR) is 101 cm³/mol. The van der Waals surface area contributed by atoms with Crippen molar-refractivity contribution in [2.24, 2.45) is 0 Å². The molecular weight excluding hydrogens is 338 g/mol. The second kappa shape index (κ2) is 7.45. The lowest BCUT2D eigenvalue weighted by molar-refractivity contribution is 0.0697. The van der Waals surface area contributed by atoms with Crippen molar-refractivity contribution < 1.29 is 14.6 Å². The Balaban J connectivity index is 1.91. The number of hydrogen-bond donors (Lipinski definition) is 2. The minimum Gasteiger partial charge on any atom is -0.494 e. The van der Waals surface area contributed by atoms with Crippen LogP contribution < -0.4 is 10.1 Å². The maximum atomic E-state index is 11.1. The summed E-state index contributed by atoms with van der Waals surface area (Å²) in [6.45, 7) is 3.08. The highest BCUT2D eigenvalue weighted by molar-refractivity contribution is 6.33. The molecule has 0 fully saturated rings. The zero-order valence-corrected chi connectivity index (χ0v) is 14.5. The lowest BCUT2D eigenvalue weighted by Gasteiger charge is -2.15. The highest BCUT2D eigenvalue weighted by Crippen LogP contribution is 2.29. The zero-order chi connectivity index (χ0) is 17.8. The standard InChI is InChI=1S/C20H18ClNO3/c1-2-25-19-10-7-13-5-3-4-6-15(13)17(19)12-22-14-8-9-16(20(23)24)18(21)11-14/h3-11,22H,2,12H2,1H3,(H,23,24). The van der Waals surface area contributed by atoms with Gasteiger partial charge in [-0.1, -0.05) is 41.9 Å². The molecule has 0 aliphatic heterocycles. The molecule has 0 aliphatic carbocycles. The van der Waals surface area contributed by atoms with Crippen molar-refractivity contribution >= 4 is 34.0 Å². The lowest BCUT2D eigenvalue weighted by atomic mass is 10.0. The fraction of sp³-hybridized carbons (Fsp3) is 0.150. The number of carboxylic acids is 1. The van der Waals surface area contributed by atoms with Crippen LogP contribution in [0, 0.1) is 0 Å². The number of fused-ring (bicyclic) bond motifs is 1. The van der Waals surface area contributed by atoms with Crippen molar-refractivity contribution in [3.05, 3.63) is 70.7 Å². The van der Waals surface area contributed by atoms with E-state index in [0.717, 1.165) is 27.8 Å². The third-order valence-electron chi connectivity index (χ3n) is 3.97. The fourth-order valence-electron chi connectivity index (χ4n) is 2.78. The van der Waals surface area contributed by atoms with Crippen LogP contribution in [-0.2, 0) is 6.54 Å². The third-order valence-corrected chi connectivity index (χ3v) is 4.28. The van der Waals surface area contributed by atoms with Crippen LogP contribution in [0.4, 0.5) is 5.69 Å². The molecule has 4 nitrogen and oxygen atoms in total. The Bertz CT molecular complexity index is 924. The summed E-state index contributed by atoms with van der Waals surface area (Å²) in [5.41, 5.74) is 1.90. The number of carboxylic acid groups (broad SMARTS) is 1. The molecule has 25 heavy (non-hydrogen) atoms. The molecule has 3 rings (SSSR count). The van der Waals surface area contributed by atoms with Gasteiger partial charge in [0.05, 0.1) is 17.2 Å². The van der Waals surface area contributed by atoms with Crippen LogP contribution in [0.1, 0.15) is 22.8 Å². The number of aromatic carboxylic acids is 1. The summed E-state index contributed by atoms with van der Waals surface area (Å²) in [6, 6.07) is 17.0. The second-order valence-electron chi connectivity index (χ2n) is 5.55. The van der Waals surface area contributed by atoms with E-state index in [4.69, 9.17) is 21.4 Å². The number of benzene rings is 3. The molecular formula is C20H18ClNO3. The first-order valence-corrected chi connectivity index (χ1v) is 8.38. The number of carbonyl (C=O) groups is 1.